The summed E-state index contributed by atoms with van der Waals surface area (Å²) in [5.41, 5.74) is 2.60. The molecular weight excluding hydrogens is 371 g/mol. The molecule has 1 amide bonds. The molecular formula is C23H25FN2O3. The molecule has 0 atom stereocenters. The van der Waals surface area contributed by atoms with Crippen LogP contribution >= 0.6 is 0 Å². The molecule has 0 bridgehead atoms. The number of nitrogens with zero attached hydrogens (tertiary/aromatic N) is 1. The summed E-state index contributed by atoms with van der Waals surface area (Å²) in [7, 11) is 3.63. The number of furan rings is 1. The van der Waals surface area contributed by atoms with Gasteiger partial charge >= 0.3 is 0 Å². The lowest BCUT2D eigenvalue weighted by atomic mass is 10.0. The van der Waals surface area contributed by atoms with E-state index in [2.05, 4.69) is 17.3 Å². The van der Waals surface area contributed by atoms with Gasteiger partial charge < -0.3 is 19.4 Å². The van der Waals surface area contributed by atoms with Crippen LogP contribution in [0.2, 0.25) is 0 Å². The van der Waals surface area contributed by atoms with E-state index in [1.54, 1.807) is 19.2 Å². The van der Waals surface area contributed by atoms with Gasteiger partial charge in [0.05, 0.1) is 17.4 Å². The smallest absolute Gasteiger partial charge is 0.255 e. The van der Waals surface area contributed by atoms with Crippen molar-refractivity contribution in [3.8, 4) is 17.1 Å². The van der Waals surface area contributed by atoms with Crippen LogP contribution < -0.4 is 15.0 Å². The first-order valence-electron chi connectivity index (χ1n) is 9.87. The second-order valence-corrected chi connectivity index (χ2v) is 7.72. The van der Waals surface area contributed by atoms with Gasteiger partial charge in [-0.2, -0.15) is 0 Å². The lowest BCUT2D eigenvalue weighted by Crippen LogP contribution is -2.21. The van der Waals surface area contributed by atoms with Crippen molar-refractivity contribution >= 4 is 22.6 Å². The molecule has 152 valence electrons. The van der Waals surface area contributed by atoms with E-state index in [9.17, 15) is 9.18 Å². The fourth-order valence-corrected chi connectivity index (χ4v) is 3.55. The van der Waals surface area contributed by atoms with E-state index in [1.807, 2.05) is 26.0 Å². The highest BCUT2D eigenvalue weighted by molar-refractivity contribution is 6.12. The van der Waals surface area contributed by atoms with Crippen LogP contribution in [0.15, 0.2) is 40.8 Å². The largest absolute Gasteiger partial charge is 0.489 e. The fraction of sp³-hybridized carbons (Fsp3) is 0.348. The maximum Gasteiger partial charge on any atom is 0.255 e. The van der Waals surface area contributed by atoms with Crippen LogP contribution in [0.3, 0.4) is 0 Å². The zero-order chi connectivity index (χ0) is 20.7. The maximum absolute atomic E-state index is 13.4. The van der Waals surface area contributed by atoms with Gasteiger partial charge in [0.1, 0.15) is 22.9 Å². The second kappa shape index (κ2) is 7.43. The summed E-state index contributed by atoms with van der Waals surface area (Å²) in [4.78, 5) is 14.9. The van der Waals surface area contributed by atoms with E-state index in [0.29, 0.717) is 33.9 Å². The molecule has 6 heteroatoms. The van der Waals surface area contributed by atoms with Crippen molar-refractivity contribution in [2.24, 2.45) is 0 Å². The van der Waals surface area contributed by atoms with Crippen molar-refractivity contribution < 1.29 is 18.3 Å². The molecule has 1 aliphatic carbocycles. The number of nitrogens with one attached hydrogen (secondary N) is 1. The number of carbonyl (C=O) groups is 1. The number of anilines is 1. The third-order valence-corrected chi connectivity index (χ3v) is 5.17. The standard InChI is InChI=1S/C23H25FN2O3/c1-13(2)28-20-11-17-19(12-18(20)26(4)16-9-10-16)29-22(21(17)23(27)25-3)14-5-7-15(24)8-6-14/h5-8,11-13,16H,9-10H2,1-4H3,(H,25,27). The van der Waals surface area contributed by atoms with Crippen LogP contribution in [0.4, 0.5) is 10.1 Å². The topological polar surface area (TPSA) is 54.7 Å². The van der Waals surface area contributed by atoms with E-state index in [0.717, 1.165) is 24.3 Å². The Labute approximate surface area is 169 Å². The average molecular weight is 396 g/mol. The van der Waals surface area contributed by atoms with Gasteiger partial charge in [0.25, 0.3) is 5.91 Å². The van der Waals surface area contributed by atoms with Crippen molar-refractivity contribution in [2.45, 2.75) is 38.8 Å². The van der Waals surface area contributed by atoms with Gasteiger partial charge in [-0.05, 0) is 57.0 Å². The molecule has 0 radical (unpaired) electrons. The summed E-state index contributed by atoms with van der Waals surface area (Å²) in [6, 6.07) is 10.2. The average Bonchev–Trinajstić information content (AvgIpc) is 3.48. The monoisotopic (exact) mass is 396 g/mol. The third kappa shape index (κ3) is 3.67. The van der Waals surface area contributed by atoms with Crippen molar-refractivity contribution in [2.75, 3.05) is 19.0 Å². The minimum Gasteiger partial charge on any atom is -0.489 e. The van der Waals surface area contributed by atoms with Gasteiger partial charge in [0, 0.05) is 37.2 Å². The van der Waals surface area contributed by atoms with Crippen LogP contribution in [0, 0.1) is 5.82 Å². The van der Waals surface area contributed by atoms with Crippen molar-refractivity contribution in [1.29, 1.82) is 0 Å². The summed E-state index contributed by atoms with van der Waals surface area (Å²) < 4.78 is 25.6. The first-order chi connectivity index (χ1) is 13.9. The van der Waals surface area contributed by atoms with Crippen molar-refractivity contribution in [3.63, 3.8) is 0 Å². The Morgan fingerprint density at radius 3 is 2.52 bits per heavy atom. The number of hydrogen-bond acceptors (Lipinski definition) is 4. The number of benzene rings is 2. The minimum atomic E-state index is -0.340. The molecule has 1 aromatic heterocycles. The molecule has 0 unspecified atom stereocenters. The van der Waals surface area contributed by atoms with Crippen molar-refractivity contribution in [1.82, 2.24) is 5.32 Å². The van der Waals surface area contributed by atoms with Gasteiger partial charge in [-0.1, -0.05) is 0 Å². The number of amides is 1. The third-order valence-electron chi connectivity index (χ3n) is 5.17. The number of rotatable bonds is 6. The van der Waals surface area contributed by atoms with E-state index < -0.39 is 0 Å². The number of ether oxygens (including phenoxy) is 1. The Balaban J connectivity index is 1.94. The van der Waals surface area contributed by atoms with E-state index >= 15 is 0 Å². The Morgan fingerprint density at radius 1 is 1.24 bits per heavy atom. The van der Waals surface area contributed by atoms with Crippen molar-refractivity contribution in [3.05, 3.63) is 47.8 Å². The zero-order valence-corrected chi connectivity index (χ0v) is 17.1. The van der Waals surface area contributed by atoms with Crippen LogP contribution in [-0.2, 0) is 0 Å². The molecule has 0 aliphatic heterocycles. The molecule has 1 saturated carbocycles. The summed E-state index contributed by atoms with van der Waals surface area (Å²) in [5.74, 6) is 0.536. The number of halogens is 1. The maximum atomic E-state index is 13.4. The normalized spacial score (nSPS) is 13.7. The highest BCUT2D eigenvalue weighted by atomic mass is 19.1. The first kappa shape index (κ1) is 19.3. The molecule has 5 nitrogen and oxygen atoms in total. The highest BCUT2D eigenvalue weighted by Gasteiger charge is 2.30. The molecule has 2 aromatic carbocycles. The summed E-state index contributed by atoms with van der Waals surface area (Å²) in [6.45, 7) is 3.95. The first-order valence-corrected chi connectivity index (χ1v) is 9.87. The minimum absolute atomic E-state index is 0.00859. The summed E-state index contributed by atoms with van der Waals surface area (Å²) in [6.07, 6.45) is 2.29. The van der Waals surface area contributed by atoms with Crippen LogP contribution in [0.25, 0.3) is 22.3 Å². The predicted molar refractivity (Wildman–Crippen MR) is 112 cm³/mol. The highest BCUT2D eigenvalue weighted by Crippen LogP contribution is 2.43. The number of hydrogen-bond donors (Lipinski definition) is 1. The predicted octanol–water partition coefficient (Wildman–Crippen LogP) is 4.98. The molecule has 0 spiro atoms. The van der Waals surface area contributed by atoms with Crippen LogP contribution in [0.1, 0.15) is 37.0 Å². The van der Waals surface area contributed by atoms with Gasteiger partial charge in [0.2, 0.25) is 0 Å². The Hall–Kier alpha value is -3.02. The van der Waals surface area contributed by atoms with Crippen LogP contribution in [0.5, 0.6) is 5.75 Å². The molecule has 29 heavy (non-hydrogen) atoms. The fourth-order valence-electron chi connectivity index (χ4n) is 3.55. The number of fused-ring (bicyclic) bond motifs is 1. The Morgan fingerprint density at radius 2 is 1.93 bits per heavy atom. The molecule has 1 N–H and O–H groups in total. The van der Waals surface area contributed by atoms with E-state index in [1.165, 1.54) is 12.1 Å². The van der Waals surface area contributed by atoms with Crippen LogP contribution in [-0.4, -0.2) is 32.1 Å². The molecule has 3 aromatic rings. The molecule has 4 rings (SSSR count). The number of carbonyl (C=O) groups excluding carboxylic acids is 1. The summed E-state index contributed by atoms with van der Waals surface area (Å²) in [5, 5.41) is 3.36. The molecule has 1 aliphatic rings. The van der Waals surface area contributed by atoms with Gasteiger partial charge in [0.15, 0.2) is 0 Å². The van der Waals surface area contributed by atoms with Gasteiger partial charge in [-0.25, -0.2) is 4.39 Å². The second-order valence-electron chi connectivity index (χ2n) is 7.72. The molecule has 1 fully saturated rings. The molecule has 0 saturated heterocycles. The summed E-state index contributed by atoms with van der Waals surface area (Å²) >= 11 is 0. The Kier molecular flexibility index (Phi) is 4.94. The molecule has 1 heterocycles. The van der Waals surface area contributed by atoms with Gasteiger partial charge in [-0.3, -0.25) is 4.79 Å². The lowest BCUT2D eigenvalue weighted by molar-refractivity contribution is 0.0964. The van der Waals surface area contributed by atoms with Gasteiger partial charge in [-0.15, -0.1) is 0 Å². The zero-order valence-electron chi connectivity index (χ0n) is 17.1. The van der Waals surface area contributed by atoms with E-state index in [-0.39, 0.29) is 17.8 Å². The lowest BCUT2D eigenvalue weighted by Gasteiger charge is -2.23. The SMILES string of the molecule is CNC(=O)c1c(-c2ccc(F)cc2)oc2cc(N(C)C3CC3)c(OC(C)C)cc12. The quantitative estimate of drug-likeness (QED) is 0.638. The Bertz CT molecular complexity index is 1050. The van der Waals surface area contributed by atoms with E-state index in [4.69, 9.17) is 9.15 Å².